The zero-order chi connectivity index (χ0) is 24.9. The lowest BCUT2D eigenvalue weighted by molar-refractivity contribution is -0.139. The summed E-state index contributed by atoms with van der Waals surface area (Å²) in [5.74, 6) is -0.574. The molecule has 0 aliphatic carbocycles. The predicted molar refractivity (Wildman–Crippen MR) is 137 cm³/mol. The third-order valence-electron chi connectivity index (χ3n) is 6.22. The third-order valence-corrected chi connectivity index (χ3v) is 8.87. The molecule has 0 saturated heterocycles. The number of rotatable bonds is 3. The van der Waals surface area contributed by atoms with Gasteiger partial charge in [0.2, 0.25) is 10.0 Å². The van der Waals surface area contributed by atoms with Gasteiger partial charge in [0, 0.05) is 20.6 Å². The van der Waals surface area contributed by atoms with Crippen LogP contribution >= 0.6 is 34.8 Å². The number of benzene rings is 3. The molecule has 35 heavy (non-hydrogen) atoms. The lowest BCUT2D eigenvalue weighted by Gasteiger charge is -2.41. The molecule has 5 rings (SSSR count). The van der Waals surface area contributed by atoms with Gasteiger partial charge in [0.25, 0.3) is 0 Å². The zero-order valence-corrected chi connectivity index (χ0v) is 21.6. The minimum absolute atomic E-state index is 0.0672. The molecule has 2 aliphatic heterocycles. The molecule has 0 amide bonds. The zero-order valence-electron chi connectivity index (χ0n) is 18.5. The van der Waals surface area contributed by atoms with E-state index in [4.69, 9.17) is 39.5 Å². The molecule has 0 spiro atoms. The van der Waals surface area contributed by atoms with Gasteiger partial charge in [0.05, 0.1) is 29.2 Å². The van der Waals surface area contributed by atoms with Crippen LogP contribution in [-0.4, -0.2) is 25.3 Å². The Labute approximate surface area is 218 Å². The van der Waals surface area contributed by atoms with Crippen molar-refractivity contribution >= 4 is 50.8 Å². The average molecular weight is 549 g/mol. The third kappa shape index (κ3) is 4.28. The molecule has 2 aliphatic rings. The van der Waals surface area contributed by atoms with E-state index in [1.54, 1.807) is 61.5 Å². The summed E-state index contributed by atoms with van der Waals surface area (Å²) in [6.07, 6.45) is 2.01. The first kappa shape index (κ1) is 24.3. The molecule has 2 unspecified atom stereocenters. The van der Waals surface area contributed by atoms with Gasteiger partial charge in [-0.1, -0.05) is 53.0 Å². The van der Waals surface area contributed by atoms with Gasteiger partial charge in [0.1, 0.15) is 0 Å². The molecule has 2 heterocycles. The molecule has 4 bridgehead atoms. The topological polar surface area (TPSA) is 63.7 Å². The summed E-state index contributed by atoms with van der Waals surface area (Å²) in [4.78, 5) is 13.1. The first-order valence-corrected chi connectivity index (χ1v) is 13.5. The van der Waals surface area contributed by atoms with E-state index in [1.807, 2.05) is 6.07 Å². The van der Waals surface area contributed by atoms with Crippen LogP contribution in [0.15, 0.2) is 77.2 Å². The summed E-state index contributed by atoms with van der Waals surface area (Å²) >= 11 is 19.2. The van der Waals surface area contributed by atoms with Crippen molar-refractivity contribution in [3.63, 3.8) is 0 Å². The molecular weight excluding hydrogens is 529 g/mol. The van der Waals surface area contributed by atoms with Crippen molar-refractivity contribution < 1.29 is 17.9 Å². The molecule has 2 atom stereocenters. The van der Waals surface area contributed by atoms with Crippen LogP contribution in [0.3, 0.4) is 0 Å². The Morgan fingerprint density at radius 1 is 1.00 bits per heavy atom. The van der Waals surface area contributed by atoms with E-state index in [0.29, 0.717) is 31.8 Å². The van der Waals surface area contributed by atoms with E-state index in [0.717, 1.165) is 5.56 Å². The number of sulfonamides is 1. The summed E-state index contributed by atoms with van der Waals surface area (Å²) in [5, 5.41) is 1.29. The van der Waals surface area contributed by atoms with E-state index in [1.165, 1.54) is 10.4 Å². The number of fused-ring (bicyclic) bond motifs is 7. The first-order chi connectivity index (χ1) is 16.7. The van der Waals surface area contributed by atoms with Crippen LogP contribution in [0.2, 0.25) is 15.1 Å². The van der Waals surface area contributed by atoms with Crippen LogP contribution in [0, 0.1) is 0 Å². The number of carbonyl (C=O) groups excluding carboxylic acids is 1. The quantitative estimate of drug-likeness (QED) is 0.331. The largest absolute Gasteiger partial charge is 0.463 e. The Balaban J connectivity index is 1.84. The van der Waals surface area contributed by atoms with Crippen LogP contribution in [-0.2, 0) is 19.6 Å². The van der Waals surface area contributed by atoms with Crippen molar-refractivity contribution in [2.75, 3.05) is 6.61 Å². The highest BCUT2D eigenvalue weighted by molar-refractivity contribution is 7.89. The van der Waals surface area contributed by atoms with E-state index in [-0.39, 0.29) is 23.5 Å². The maximum Gasteiger partial charge on any atom is 0.335 e. The van der Waals surface area contributed by atoms with Gasteiger partial charge in [-0.2, -0.15) is 4.31 Å². The lowest BCUT2D eigenvalue weighted by atomic mass is 9.88. The summed E-state index contributed by atoms with van der Waals surface area (Å²) in [5.41, 5.74) is 2.77. The minimum Gasteiger partial charge on any atom is -0.463 e. The van der Waals surface area contributed by atoms with Crippen molar-refractivity contribution in [2.24, 2.45) is 0 Å². The van der Waals surface area contributed by atoms with Gasteiger partial charge in [-0.3, -0.25) is 0 Å². The summed E-state index contributed by atoms with van der Waals surface area (Å²) in [7, 11) is -4.13. The van der Waals surface area contributed by atoms with Crippen molar-refractivity contribution in [3.8, 4) is 11.1 Å². The molecule has 180 valence electrons. The van der Waals surface area contributed by atoms with Gasteiger partial charge in [0.15, 0.2) is 0 Å². The van der Waals surface area contributed by atoms with Crippen molar-refractivity contribution in [2.45, 2.75) is 30.3 Å². The van der Waals surface area contributed by atoms with Crippen molar-refractivity contribution in [1.82, 2.24) is 4.31 Å². The normalized spacial score (nSPS) is 20.6. The first-order valence-electron chi connectivity index (χ1n) is 11.0. The number of hydrogen-bond donors (Lipinski definition) is 0. The van der Waals surface area contributed by atoms with Gasteiger partial charge in [-0.25, -0.2) is 13.2 Å². The second kappa shape index (κ2) is 9.26. The van der Waals surface area contributed by atoms with Crippen LogP contribution in [0.1, 0.15) is 36.6 Å². The van der Waals surface area contributed by atoms with Gasteiger partial charge in [-0.15, -0.1) is 0 Å². The van der Waals surface area contributed by atoms with Gasteiger partial charge in [-0.05, 0) is 78.6 Å². The molecule has 0 fully saturated rings. The maximum absolute atomic E-state index is 14.3. The Hall–Kier alpha value is -2.35. The molecule has 9 heteroatoms. The van der Waals surface area contributed by atoms with E-state index >= 15 is 0 Å². The SMILES string of the molecule is CCOC(=O)C1=CCC2c3cc(Cl)cc(c3)-c3cc(ccc3Cl)S(=O)(=O)N2C1c1cccc(Cl)c1. The summed E-state index contributed by atoms with van der Waals surface area (Å²) < 4.78 is 35.3. The molecular formula is C26H20Cl3NO4S. The molecule has 3 aromatic rings. The highest BCUT2D eigenvalue weighted by Crippen LogP contribution is 2.48. The molecule has 3 aromatic carbocycles. The number of halogens is 3. The van der Waals surface area contributed by atoms with E-state index in [2.05, 4.69) is 0 Å². The molecule has 0 aromatic heterocycles. The lowest BCUT2D eigenvalue weighted by Crippen LogP contribution is -2.42. The summed E-state index contributed by atoms with van der Waals surface area (Å²) in [6, 6.07) is 15.2. The summed E-state index contributed by atoms with van der Waals surface area (Å²) in [6.45, 7) is 1.87. The van der Waals surface area contributed by atoms with E-state index < -0.39 is 28.1 Å². The second-order valence-electron chi connectivity index (χ2n) is 8.34. The predicted octanol–water partition coefficient (Wildman–Crippen LogP) is 6.99. The fourth-order valence-electron chi connectivity index (χ4n) is 4.74. The molecule has 5 nitrogen and oxygen atoms in total. The standard InChI is InChI=1S/C26H20Cl3NO4S/c1-2-34-26(31)21-7-9-24-17-10-16(12-19(28)13-17)22-14-20(6-8-23(22)29)35(32,33)30(24)25(21)15-4-3-5-18(27)11-15/h3-8,10-14,24-25H,2,9H2,1H3. The monoisotopic (exact) mass is 547 g/mol. The fourth-order valence-corrected chi connectivity index (χ4v) is 7.22. The molecule has 0 radical (unpaired) electrons. The Morgan fingerprint density at radius 3 is 2.51 bits per heavy atom. The molecule has 0 saturated carbocycles. The van der Waals surface area contributed by atoms with Gasteiger partial charge >= 0.3 is 5.97 Å². The smallest absolute Gasteiger partial charge is 0.335 e. The van der Waals surface area contributed by atoms with Crippen LogP contribution in [0.5, 0.6) is 0 Å². The van der Waals surface area contributed by atoms with Crippen molar-refractivity contribution in [1.29, 1.82) is 0 Å². The van der Waals surface area contributed by atoms with Gasteiger partial charge < -0.3 is 4.74 Å². The molecule has 0 N–H and O–H groups in total. The number of hydrogen-bond acceptors (Lipinski definition) is 4. The highest BCUT2D eigenvalue weighted by Gasteiger charge is 2.45. The van der Waals surface area contributed by atoms with Crippen LogP contribution < -0.4 is 0 Å². The average Bonchev–Trinajstić information content (AvgIpc) is 2.84. The van der Waals surface area contributed by atoms with Crippen LogP contribution in [0.4, 0.5) is 0 Å². The number of ether oxygens (including phenoxy) is 1. The number of nitrogens with zero attached hydrogens (tertiary/aromatic N) is 1. The number of carbonyl (C=O) groups is 1. The van der Waals surface area contributed by atoms with Crippen LogP contribution in [0.25, 0.3) is 11.1 Å². The second-order valence-corrected chi connectivity index (χ2v) is 11.5. The fraction of sp³-hybridized carbons (Fsp3) is 0.192. The van der Waals surface area contributed by atoms with E-state index in [9.17, 15) is 13.2 Å². The maximum atomic E-state index is 14.3. The number of esters is 1. The highest BCUT2D eigenvalue weighted by atomic mass is 35.5. The Morgan fingerprint density at radius 2 is 1.77 bits per heavy atom. The minimum atomic E-state index is -4.13. The van der Waals surface area contributed by atoms with Crippen molar-refractivity contribution in [3.05, 3.63) is 98.5 Å². The Bertz CT molecular complexity index is 1490. The Kier molecular flexibility index (Phi) is 6.45.